The van der Waals surface area contributed by atoms with E-state index in [2.05, 4.69) is 56.5 Å². The van der Waals surface area contributed by atoms with E-state index in [9.17, 15) is 19.7 Å². The number of amides is 2. The highest BCUT2D eigenvalue weighted by molar-refractivity contribution is 7.10. The number of nitro groups is 1. The summed E-state index contributed by atoms with van der Waals surface area (Å²) in [5.74, 6) is -0.172. The molecule has 40 heavy (non-hydrogen) atoms. The molecule has 0 saturated carbocycles. The van der Waals surface area contributed by atoms with Crippen molar-refractivity contribution in [3.05, 3.63) is 103 Å². The Hall–Kier alpha value is -3.78. The fourth-order valence-electron chi connectivity index (χ4n) is 5.02. The van der Waals surface area contributed by atoms with Crippen LogP contribution in [0.25, 0.3) is 6.08 Å². The zero-order chi connectivity index (χ0) is 29.0. The molecule has 2 heterocycles. The second-order valence-electron chi connectivity index (χ2n) is 11.7. The van der Waals surface area contributed by atoms with Crippen LogP contribution >= 0.6 is 11.3 Å². The summed E-state index contributed by atoms with van der Waals surface area (Å²) in [4.78, 5) is 42.4. The second kappa shape index (κ2) is 12.2. The Kier molecular flexibility index (Phi) is 8.88. The van der Waals surface area contributed by atoms with Gasteiger partial charge in [-0.2, -0.15) is 0 Å². The number of nitro benzene ring substituents is 1. The van der Waals surface area contributed by atoms with Crippen molar-refractivity contribution in [2.45, 2.75) is 52.5 Å². The van der Waals surface area contributed by atoms with E-state index in [0.717, 1.165) is 17.5 Å². The van der Waals surface area contributed by atoms with Gasteiger partial charge in [0.15, 0.2) is 0 Å². The molecule has 0 saturated heterocycles. The number of rotatable bonds is 8. The molecule has 1 unspecified atom stereocenters. The molecule has 0 N–H and O–H groups in total. The molecule has 0 radical (unpaired) electrons. The minimum absolute atomic E-state index is 0.00609. The number of thiophene rings is 1. The molecule has 1 aromatic heterocycles. The van der Waals surface area contributed by atoms with Gasteiger partial charge in [0.25, 0.3) is 5.69 Å². The number of fused-ring (bicyclic) bond motifs is 1. The Balaban J connectivity index is 1.56. The van der Waals surface area contributed by atoms with Crippen LogP contribution < -0.4 is 0 Å². The summed E-state index contributed by atoms with van der Waals surface area (Å²) < 4.78 is 0. The van der Waals surface area contributed by atoms with Gasteiger partial charge in [0.05, 0.1) is 11.0 Å². The van der Waals surface area contributed by atoms with Gasteiger partial charge in [0.1, 0.15) is 6.54 Å². The number of non-ortho nitro benzene ring substituents is 1. The van der Waals surface area contributed by atoms with E-state index in [1.807, 2.05) is 18.7 Å². The lowest BCUT2D eigenvalue weighted by Crippen LogP contribution is -2.47. The van der Waals surface area contributed by atoms with Crippen molar-refractivity contribution in [3.8, 4) is 0 Å². The largest absolute Gasteiger partial charge is 0.330 e. The summed E-state index contributed by atoms with van der Waals surface area (Å²) >= 11 is 1.73. The highest BCUT2D eigenvalue weighted by Gasteiger charge is 2.34. The van der Waals surface area contributed by atoms with Crippen molar-refractivity contribution in [2.75, 3.05) is 19.6 Å². The van der Waals surface area contributed by atoms with Crippen LogP contribution in [0.3, 0.4) is 0 Å². The lowest BCUT2D eigenvalue weighted by Gasteiger charge is -2.38. The van der Waals surface area contributed by atoms with Crippen LogP contribution in [0.5, 0.6) is 0 Å². The molecule has 0 aliphatic carbocycles. The van der Waals surface area contributed by atoms with Gasteiger partial charge in [-0.15, -0.1) is 11.3 Å². The van der Waals surface area contributed by atoms with Crippen molar-refractivity contribution >= 4 is 34.9 Å². The van der Waals surface area contributed by atoms with Crippen molar-refractivity contribution in [2.24, 2.45) is 5.92 Å². The third-order valence-electron chi connectivity index (χ3n) is 7.12. The first-order valence-corrected chi connectivity index (χ1v) is 14.5. The van der Waals surface area contributed by atoms with Crippen molar-refractivity contribution in [1.82, 2.24) is 9.80 Å². The highest BCUT2D eigenvalue weighted by Crippen LogP contribution is 2.38. The van der Waals surface area contributed by atoms with Gasteiger partial charge in [-0.1, -0.05) is 58.9 Å². The molecule has 0 spiro atoms. The molecule has 3 aromatic rings. The average Bonchev–Trinajstić information content (AvgIpc) is 3.39. The third-order valence-corrected chi connectivity index (χ3v) is 8.12. The fourth-order valence-corrected chi connectivity index (χ4v) is 5.92. The van der Waals surface area contributed by atoms with Crippen molar-refractivity contribution < 1.29 is 14.5 Å². The topological polar surface area (TPSA) is 83.8 Å². The molecule has 1 aliphatic rings. The van der Waals surface area contributed by atoms with Crippen LogP contribution in [0.2, 0.25) is 0 Å². The first-order valence-electron chi connectivity index (χ1n) is 13.6. The van der Waals surface area contributed by atoms with Crippen LogP contribution in [0.4, 0.5) is 5.69 Å². The maximum atomic E-state index is 13.9. The van der Waals surface area contributed by atoms with E-state index in [0.29, 0.717) is 18.7 Å². The number of carbonyl (C=O) groups is 2. The first kappa shape index (κ1) is 29.2. The lowest BCUT2D eigenvalue weighted by atomic mass is 9.85. The van der Waals surface area contributed by atoms with E-state index in [4.69, 9.17) is 0 Å². The minimum atomic E-state index is -0.458. The van der Waals surface area contributed by atoms with Gasteiger partial charge in [-0.25, -0.2) is 0 Å². The van der Waals surface area contributed by atoms with Gasteiger partial charge < -0.3 is 9.80 Å². The molecule has 4 rings (SSSR count). The molecule has 2 amide bonds. The minimum Gasteiger partial charge on any atom is -0.330 e. The van der Waals surface area contributed by atoms with Crippen LogP contribution in [0.1, 0.15) is 67.8 Å². The highest BCUT2D eigenvalue weighted by atomic mass is 32.1. The maximum Gasteiger partial charge on any atom is 0.269 e. The summed E-state index contributed by atoms with van der Waals surface area (Å²) in [5.41, 5.74) is 4.17. The molecule has 7 nitrogen and oxygen atoms in total. The Bertz CT molecular complexity index is 1380. The lowest BCUT2D eigenvalue weighted by molar-refractivity contribution is -0.384. The summed E-state index contributed by atoms with van der Waals surface area (Å²) in [7, 11) is 0. The smallest absolute Gasteiger partial charge is 0.269 e. The zero-order valence-electron chi connectivity index (χ0n) is 23.8. The van der Waals surface area contributed by atoms with Gasteiger partial charge in [0, 0.05) is 36.2 Å². The Morgan fingerprint density at radius 1 is 1.10 bits per heavy atom. The average molecular weight is 560 g/mol. The maximum absolute atomic E-state index is 13.9. The number of hydrogen-bond acceptors (Lipinski definition) is 5. The molecule has 8 heteroatoms. The Morgan fingerprint density at radius 3 is 2.38 bits per heavy atom. The quantitative estimate of drug-likeness (QED) is 0.176. The molecule has 1 aliphatic heterocycles. The number of carbonyl (C=O) groups excluding carboxylic acids is 2. The summed E-state index contributed by atoms with van der Waals surface area (Å²) in [6.07, 6.45) is 3.86. The summed E-state index contributed by atoms with van der Waals surface area (Å²) in [5, 5.41) is 13.0. The summed E-state index contributed by atoms with van der Waals surface area (Å²) in [6, 6.07) is 16.5. The standard InChI is InChI=1S/C32H37N3O4S/c1-22(2)20-33(29(36)15-8-23-6-13-26(14-7-23)35(38)39)21-30(37)34-18-16-28-27(17-19-40-28)31(34)24-9-11-25(12-10-24)32(3,4)5/h6-15,17,19,22,31H,16,18,20-21H2,1-5H3. The number of nitrogens with zero attached hydrogens (tertiary/aromatic N) is 3. The Morgan fingerprint density at radius 2 is 1.77 bits per heavy atom. The fraction of sp³-hybridized carbons (Fsp3) is 0.375. The van der Waals surface area contributed by atoms with E-state index < -0.39 is 4.92 Å². The van der Waals surface area contributed by atoms with E-state index in [1.54, 1.807) is 34.4 Å². The first-order chi connectivity index (χ1) is 18.9. The van der Waals surface area contributed by atoms with Crippen LogP contribution in [0.15, 0.2) is 66.1 Å². The van der Waals surface area contributed by atoms with Gasteiger partial charge in [-0.3, -0.25) is 19.7 Å². The van der Waals surface area contributed by atoms with Gasteiger partial charge in [0.2, 0.25) is 11.8 Å². The predicted octanol–water partition coefficient (Wildman–Crippen LogP) is 6.63. The predicted molar refractivity (Wildman–Crippen MR) is 160 cm³/mol. The number of benzene rings is 2. The molecular formula is C32H37N3O4S. The second-order valence-corrected chi connectivity index (χ2v) is 12.7. The monoisotopic (exact) mass is 559 g/mol. The normalized spacial score (nSPS) is 15.3. The molecule has 0 fully saturated rings. The number of hydrogen-bond donors (Lipinski definition) is 0. The molecule has 210 valence electrons. The van der Waals surface area contributed by atoms with Gasteiger partial charge >= 0.3 is 0 Å². The van der Waals surface area contributed by atoms with Crippen molar-refractivity contribution in [1.29, 1.82) is 0 Å². The van der Waals surface area contributed by atoms with Crippen LogP contribution in [-0.2, 0) is 21.4 Å². The Labute approximate surface area is 240 Å². The van der Waals surface area contributed by atoms with Crippen molar-refractivity contribution in [3.63, 3.8) is 0 Å². The zero-order valence-corrected chi connectivity index (χ0v) is 24.6. The van der Waals surface area contributed by atoms with Crippen LogP contribution in [0, 0.1) is 16.0 Å². The van der Waals surface area contributed by atoms with Crippen LogP contribution in [-0.4, -0.2) is 46.2 Å². The molecular weight excluding hydrogens is 522 g/mol. The molecule has 0 bridgehead atoms. The van der Waals surface area contributed by atoms with Gasteiger partial charge in [-0.05, 0) is 69.7 Å². The third kappa shape index (κ3) is 6.86. The van der Waals surface area contributed by atoms with E-state index in [-0.39, 0.29) is 41.4 Å². The molecule has 2 aromatic carbocycles. The van der Waals surface area contributed by atoms with E-state index >= 15 is 0 Å². The SMILES string of the molecule is CC(C)CN(CC(=O)N1CCc2sccc2C1c1ccc(C(C)(C)C)cc1)C(=O)C=Cc1ccc([N+](=O)[O-])cc1. The molecule has 1 atom stereocenters. The summed E-state index contributed by atoms with van der Waals surface area (Å²) in [6.45, 7) is 11.6. The van der Waals surface area contributed by atoms with E-state index in [1.165, 1.54) is 28.6 Å².